The van der Waals surface area contributed by atoms with E-state index in [9.17, 15) is 0 Å². The molecule has 0 saturated heterocycles. The zero-order chi connectivity index (χ0) is 8.81. The number of terminal acetylenes is 1. The minimum atomic E-state index is 0.557. The van der Waals surface area contributed by atoms with Gasteiger partial charge in [-0.1, -0.05) is 0 Å². The third-order valence-electron chi connectivity index (χ3n) is 1.40. The Hall–Kier alpha value is -1.49. The summed E-state index contributed by atoms with van der Waals surface area (Å²) in [5, 5.41) is 0. The Kier molecular flexibility index (Phi) is 3.16. The summed E-state index contributed by atoms with van der Waals surface area (Å²) >= 11 is 0. The quantitative estimate of drug-likeness (QED) is 0.498. The van der Waals surface area contributed by atoms with Crippen molar-refractivity contribution in [1.82, 2.24) is 4.98 Å². The predicted octanol–water partition coefficient (Wildman–Crippen LogP) is 1.79. The van der Waals surface area contributed by atoms with Crippen LogP contribution in [0, 0.1) is 19.3 Å². The lowest BCUT2D eigenvalue weighted by atomic mass is 10.4. The van der Waals surface area contributed by atoms with Gasteiger partial charge in [-0.05, 0) is 19.1 Å². The highest BCUT2D eigenvalue weighted by Gasteiger charge is 1.91. The summed E-state index contributed by atoms with van der Waals surface area (Å²) in [5.41, 5.74) is 0.985. The van der Waals surface area contributed by atoms with Gasteiger partial charge in [-0.2, -0.15) is 0 Å². The number of aromatic nitrogens is 1. The Labute approximate surface area is 72.6 Å². The molecule has 0 bridgehead atoms. The van der Waals surface area contributed by atoms with E-state index >= 15 is 0 Å². The van der Waals surface area contributed by atoms with Crippen LogP contribution in [-0.4, -0.2) is 11.6 Å². The monoisotopic (exact) mass is 161 g/mol. The first-order valence-electron chi connectivity index (χ1n) is 3.82. The van der Waals surface area contributed by atoms with Crippen molar-refractivity contribution in [1.29, 1.82) is 0 Å². The number of hydrogen-bond acceptors (Lipinski definition) is 2. The molecule has 12 heavy (non-hydrogen) atoms. The minimum Gasteiger partial charge on any atom is -0.491 e. The fraction of sp³-hybridized carbons (Fsp3) is 0.300. The molecule has 0 aromatic carbocycles. The second-order valence-corrected chi connectivity index (χ2v) is 2.44. The molecule has 0 spiro atoms. The van der Waals surface area contributed by atoms with Crippen molar-refractivity contribution in [3.8, 4) is 18.1 Å². The van der Waals surface area contributed by atoms with Gasteiger partial charge in [0.1, 0.15) is 5.75 Å². The maximum Gasteiger partial charge on any atom is 0.137 e. The number of pyridine rings is 1. The molecule has 0 saturated carbocycles. The number of rotatable bonds is 3. The Bertz CT molecular complexity index is 271. The number of nitrogens with zero attached hydrogens (tertiary/aromatic N) is 1. The van der Waals surface area contributed by atoms with Crippen LogP contribution < -0.4 is 4.74 Å². The fourth-order valence-corrected chi connectivity index (χ4v) is 0.767. The maximum atomic E-state index is 5.30. The minimum absolute atomic E-state index is 0.557. The molecule has 62 valence electrons. The van der Waals surface area contributed by atoms with Crippen LogP contribution in [0.25, 0.3) is 0 Å². The van der Waals surface area contributed by atoms with Crippen LogP contribution in [0.15, 0.2) is 18.3 Å². The second kappa shape index (κ2) is 4.40. The van der Waals surface area contributed by atoms with Gasteiger partial charge >= 0.3 is 0 Å². The van der Waals surface area contributed by atoms with Crippen molar-refractivity contribution >= 4 is 0 Å². The van der Waals surface area contributed by atoms with Crippen LogP contribution in [0.5, 0.6) is 5.75 Å². The van der Waals surface area contributed by atoms with E-state index in [0.29, 0.717) is 13.0 Å². The molecule has 0 amide bonds. The molecule has 0 radical (unpaired) electrons. The second-order valence-electron chi connectivity index (χ2n) is 2.44. The summed E-state index contributed by atoms with van der Waals surface area (Å²) in [4.78, 5) is 4.08. The van der Waals surface area contributed by atoms with E-state index in [2.05, 4.69) is 10.9 Å². The van der Waals surface area contributed by atoms with Gasteiger partial charge in [0.25, 0.3) is 0 Å². The average Bonchev–Trinajstić information content (AvgIpc) is 2.09. The Morgan fingerprint density at radius 2 is 2.42 bits per heavy atom. The molecule has 0 fully saturated rings. The zero-order valence-electron chi connectivity index (χ0n) is 7.08. The summed E-state index contributed by atoms with van der Waals surface area (Å²) in [7, 11) is 0. The van der Waals surface area contributed by atoms with Gasteiger partial charge < -0.3 is 4.74 Å². The molecule has 0 aliphatic rings. The number of hydrogen-bond donors (Lipinski definition) is 0. The molecule has 2 heteroatoms. The molecule has 0 aliphatic carbocycles. The average molecular weight is 161 g/mol. The lowest BCUT2D eigenvalue weighted by molar-refractivity contribution is 0.326. The lowest BCUT2D eigenvalue weighted by Crippen LogP contribution is -1.96. The topological polar surface area (TPSA) is 22.1 Å². The Morgan fingerprint density at radius 3 is 3.00 bits per heavy atom. The van der Waals surface area contributed by atoms with Crippen LogP contribution in [0.2, 0.25) is 0 Å². The van der Waals surface area contributed by atoms with Crippen molar-refractivity contribution in [2.75, 3.05) is 6.61 Å². The molecule has 2 nitrogen and oxygen atoms in total. The van der Waals surface area contributed by atoms with Gasteiger partial charge in [-0.15, -0.1) is 12.3 Å². The molecule has 1 heterocycles. The van der Waals surface area contributed by atoms with Crippen LogP contribution in [0.4, 0.5) is 0 Å². The standard InChI is InChI=1S/C10H11NO/c1-3-4-7-12-10-6-5-9(2)11-8-10/h1,5-6,8H,4,7H2,2H3. The van der Waals surface area contributed by atoms with Gasteiger partial charge in [-0.3, -0.25) is 4.98 Å². The normalized spacial score (nSPS) is 9.00. The van der Waals surface area contributed by atoms with Crippen LogP contribution >= 0.6 is 0 Å². The molecular weight excluding hydrogens is 150 g/mol. The molecule has 0 aliphatic heterocycles. The molecule has 1 rings (SSSR count). The van der Waals surface area contributed by atoms with E-state index in [1.807, 2.05) is 19.1 Å². The molecule has 0 atom stereocenters. The van der Waals surface area contributed by atoms with Crippen LogP contribution in [0.1, 0.15) is 12.1 Å². The summed E-state index contributed by atoms with van der Waals surface area (Å²) in [6, 6.07) is 3.80. The van der Waals surface area contributed by atoms with E-state index in [1.165, 1.54) is 0 Å². The predicted molar refractivity (Wildman–Crippen MR) is 47.9 cm³/mol. The smallest absolute Gasteiger partial charge is 0.137 e. The van der Waals surface area contributed by atoms with Crippen molar-refractivity contribution in [3.63, 3.8) is 0 Å². The lowest BCUT2D eigenvalue weighted by Gasteiger charge is -2.02. The number of ether oxygens (including phenoxy) is 1. The summed E-state index contributed by atoms with van der Waals surface area (Å²) < 4.78 is 5.30. The van der Waals surface area contributed by atoms with Crippen molar-refractivity contribution in [2.45, 2.75) is 13.3 Å². The summed E-state index contributed by atoms with van der Waals surface area (Å²) in [5.74, 6) is 3.28. The van der Waals surface area contributed by atoms with E-state index < -0.39 is 0 Å². The molecule has 0 N–H and O–H groups in total. The zero-order valence-corrected chi connectivity index (χ0v) is 7.08. The first-order chi connectivity index (χ1) is 5.83. The first kappa shape index (κ1) is 8.61. The van der Waals surface area contributed by atoms with E-state index in [-0.39, 0.29) is 0 Å². The molecule has 1 aromatic heterocycles. The van der Waals surface area contributed by atoms with Gasteiger partial charge in [-0.25, -0.2) is 0 Å². The van der Waals surface area contributed by atoms with Crippen molar-refractivity contribution < 1.29 is 4.74 Å². The number of aryl methyl sites for hydroxylation is 1. The molecule has 1 aromatic rings. The highest BCUT2D eigenvalue weighted by molar-refractivity contribution is 5.19. The third kappa shape index (κ3) is 2.63. The fourth-order valence-electron chi connectivity index (χ4n) is 0.767. The Morgan fingerprint density at radius 1 is 1.58 bits per heavy atom. The highest BCUT2D eigenvalue weighted by Crippen LogP contribution is 2.08. The highest BCUT2D eigenvalue weighted by atomic mass is 16.5. The van der Waals surface area contributed by atoms with Gasteiger partial charge in [0, 0.05) is 12.1 Å². The molecular formula is C10H11NO. The van der Waals surface area contributed by atoms with E-state index in [1.54, 1.807) is 6.20 Å². The summed E-state index contributed by atoms with van der Waals surface area (Å²) in [6.07, 6.45) is 7.40. The van der Waals surface area contributed by atoms with Gasteiger partial charge in [0.05, 0.1) is 12.8 Å². The first-order valence-corrected chi connectivity index (χ1v) is 3.82. The Balaban J connectivity index is 2.43. The maximum absolute atomic E-state index is 5.30. The largest absolute Gasteiger partial charge is 0.491 e. The molecule has 0 unspecified atom stereocenters. The van der Waals surface area contributed by atoms with Crippen LogP contribution in [-0.2, 0) is 0 Å². The SMILES string of the molecule is C#CCCOc1ccc(C)nc1. The van der Waals surface area contributed by atoms with Crippen LogP contribution in [0.3, 0.4) is 0 Å². The van der Waals surface area contributed by atoms with Gasteiger partial charge in [0.15, 0.2) is 0 Å². The van der Waals surface area contributed by atoms with Crippen molar-refractivity contribution in [2.24, 2.45) is 0 Å². The van der Waals surface area contributed by atoms with Crippen molar-refractivity contribution in [3.05, 3.63) is 24.0 Å². The van der Waals surface area contributed by atoms with E-state index in [4.69, 9.17) is 11.2 Å². The van der Waals surface area contributed by atoms with Gasteiger partial charge in [0.2, 0.25) is 0 Å². The summed E-state index contributed by atoms with van der Waals surface area (Å²) in [6.45, 7) is 2.49. The third-order valence-corrected chi connectivity index (χ3v) is 1.40. The van der Waals surface area contributed by atoms with E-state index in [0.717, 1.165) is 11.4 Å².